The van der Waals surface area contributed by atoms with Crippen molar-refractivity contribution in [2.75, 3.05) is 25.0 Å². The lowest BCUT2D eigenvalue weighted by molar-refractivity contribution is 0.267. The fourth-order valence-electron chi connectivity index (χ4n) is 2.81. The van der Waals surface area contributed by atoms with E-state index >= 15 is 0 Å². The standard InChI is InChI=1S/C18H26ClN3O4S/c1-14(5-3-2-4-9-20-11-12-26-27(23,24)25)22-17-8-10-21-18-13-15(19)6-7-16(17)18/h6-8,10,13-14,20H,2-5,9,11-12H2,1H3,(H,21,22)(H,23,24,25). The molecular formula is C18H26ClN3O4S. The molecule has 0 aliphatic heterocycles. The Bertz CT molecular complexity index is 832. The van der Waals surface area contributed by atoms with Gasteiger partial charge in [0.05, 0.1) is 12.1 Å². The molecule has 150 valence electrons. The smallest absolute Gasteiger partial charge is 0.382 e. The molecule has 0 saturated carbocycles. The van der Waals surface area contributed by atoms with Gasteiger partial charge in [-0.15, -0.1) is 0 Å². The first-order chi connectivity index (χ1) is 12.8. The Hall–Kier alpha value is -1.45. The second kappa shape index (κ2) is 10.8. The van der Waals surface area contributed by atoms with Gasteiger partial charge in [-0.2, -0.15) is 8.42 Å². The van der Waals surface area contributed by atoms with Gasteiger partial charge in [0.25, 0.3) is 0 Å². The molecule has 2 rings (SSSR count). The van der Waals surface area contributed by atoms with E-state index in [2.05, 4.69) is 26.7 Å². The molecule has 3 N–H and O–H groups in total. The SMILES string of the molecule is CC(CCCCCNCCOS(=O)(=O)O)Nc1ccnc2cc(Cl)ccc12. The van der Waals surface area contributed by atoms with Crippen LogP contribution in [0.25, 0.3) is 10.9 Å². The van der Waals surface area contributed by atoms with Gasteiger partial charge >= 0.3 is 10.4 Å². The average molecular weight is 416 g/mol. The Kier molecular flexibility index (Phi) is 8.72. The quantitative estimate of drug-likeness (QED) is 0.359. The van der Waals surface area contributed by atoms with Crippen LogP contribution in [0.5, 0.6) is 0 Å². The van der Waals surface area contributed by atoms with Crippen LogP contribution in [0.15, 0.2) is 30.5 Å². The third-order valence-electron chi connectivity index (χ3n) is 4.11. The number of fused-ring (bicyclic) bond motifs is 1. The summed E-state index contributed by atoms with van der Waals surface area (Å²) in [7, 11) is -4.33. The first-order valence-electron chi connectivity index (χ1n) is 8.98. The van der Waals surface area contributed by atoms with E-state index in [-0.39, 0.29) is 6.61 Å². The molecule has 0 radical (unpaired) electrons. The first-order valence-corrected chi connectivity index (χ1v) is 10.7. The molecule has 1 heterocycles. The number of aromatic nitrogens is 1. The third kappa shape index (κ3) is 8.40. The number of halogens is 1. The van der Waals surface area contributed by atoms with E-state index in [1.165, 1.54) is 0 Å². The lowest BCUT2D eigenvalue weighted by Crippen LogP contribution is -2.22. The van der Waals surface area contributed by atoms with Crippen molar-refractivity contribution in [1.29, 1.82) is 0 Å². The molecule has 9 heteroatoms. The molecule has 7 nitrogen and oxygen atoms in total. The molecule has 0 saturated heterocycles. The summed E-state index contributed by atoms with van der Waals surface area (Å²) in [4.78, 5) is 4.35. The van der Waals surface area contributed by atoms with Crippen LogP contribution in [0.4, 0.5) is 5.69 Å². The molecule has 1 atom stereocenters. The predicted octanol–water partition coefficient (Wildman–Crippen LogP) is 3.66. The van der Waals surface area contributed by atoms with Crippen LogP contribution in [0, 0.1) is 0 Å². The minimum atomic E-state index is -4.33. The van der Waals surface area contributed by atoms with Crippen molar-refractivity contribution in [1.82, 2.24) is 10.3 Å². The highest BCUT2D eigenvalue weighted by atomic mass is 35.5. The van der Waals surface area contributed by atoms with Gasteiger partial charge in [0.15, 0.2) is 0 Å². The molecule has 27 heavy (non-hydrogen) atoms. The number of hydrogen-bond acceptors (Lipinski definition) is 6. The van der Waals surface area contributed by atoms with E-state index in [1.54, 1.807) is 6.20 Å². The number of unbranched alkanes of at least 4 members (excludes halogenated alkanes) is 2. The van der Waals surface area contributed by atoms with E-state index in [0.29, 0.717) is 17.6 Å². The molecule has 1 unspecified atom stereocenters. The van der Waals surface area contributed by atoms with E-state index in [4.69, 9.17) is 16.2 Å². The van der Waals surface area contributed by atoms with E-state index < -0.39 is 10.4 Å². The molecule has 1 aromatic carbocycles. The van der Waals surface area contributed by atoms with Gasteiger partial charge in [0.2, 0.25) is 0 Å². The van der Waals surface area contributed by atoms with Crippen LogP contribution in [-0.2, 0) is 14.6 Å². The number of nitrogens with one attached hydrogen (secondary N) is 2. The topological polar surface area (TPSA) is 101 Å². The number of pyridine rings is 1. The van der Waals surface area contributed by atoms with Gasteiger partial charge in [-0.1, -0.05) is 24.4 Å². The largest absolute Gasteiger partial charge is 0.397 e. The summed E-state index contributed by atoms with van der Waals surface area (Å²) in [5.41, 5.74) is 1.94. The van der Waals surface area contributed by atoms with Crippen molar-refractivity contribution in [3.63, 3.8) is 0 Å². The number of hydrogen-bond donors (Lipinski definition) is 3. The number of anilines is 1. The highest BCUT2D eigenvalue weighted by Gasteiger charge is 2.07. The number of benzene rings is 1. The van der Waals surface area contributed by atoms with Gasteiger partial charge in [0, 0.05) is 34.9 Å². The number of nitrogens with zero attached hydrogens (tertiary/aromatic N) is 1. The Morgan fingerprint density at radius 3 is 2.81 bits per heavy atom. The Labute approximate surface area is 165 Å². The average Bonchev–Trinajstić information content (AvgIpc) is 2.59. The molecule has 0 spiro atoms. The maximum absolute atomic E-state index is 10.4. The molecule has 0 bridgehead atoms. The summed E-state index contributed by atoms with van der Waals surface area (Å²) in [6.45, 7) is 3.27. The van der Waals surface area contributed by atoms with Crippen molar-refractivity contribution in [3.8, 4) is 0 Å². The lowest BCUT2D eigenvalue weighted by atomic mass is 10.1. The number of rotatable bonds is 12. The van der Waals surface area contributed by atoms with Crippen LogP contribution in [0.1, 0.15) is 32.6 Å². The molecule has 0 amide bonds. The summed E-state index contributed by atoms with van der Waals surface area (Å²) >= 11 is 6.02. The monoisotopic (exact) mass is 415 g/mol. The van der Waals surface area contributed by atoms with E-state index in [0.717, 1.165) is 48.8 Å². The van der Waals surface area contributed by atoms with Gasteiger partial charge in [-0.3, -0.25) is 9.54 Å². The van der Waals surface area contributed by atoms with Crippen LogP contribution >= 0.6 is 11.6 Å². The van der Waals surface area contributed by atoms with Gasteiger partial charge in [-0.05, 0) is 50.6 Å². The van der Waals surface area contributed by atoms with Crippen molar-refractivity contribution < 1.29 is 17.2 Å². The van der Waals surface area contributed by atoms with Crippen LogP contribution in [0.2, 0.25) is 5.02 Å². The third-order valence-corrected chi connectivity index (χ3v) is 4.81. The van der Waals surface area contributed by atoms with E-state index in [1.807, 2.05) is 24.3 Å². The molecule has 0 aliphatic rings. The minimum absolute atomic E-state index is 0.0646. The Morgan fingerprint density at radius 1 is 1.22 bits per heavy atom. The van der Waals surface area contributed by atoms with E-state index in [9.17, 15) is 8.42 Å². The first kappa shape index (κ1) is 21.8. The second-order valence-corrected chi connectivity index (χ2v) is 7.94. The summed E-state index contributed by atoms with van der Waals surface area (Å²) < 4.78 is 33.4. The van der Waals surface area contributed by atoms with Crippen LogP contribution < -0.4 is 10.6 Å². The predicted molar refractivity (Wildman–Crippen MR) is 109 cm³/mol. The van der Waals surface area contributed by atoms with Crippen molar-refractivity contribution >= 4 is 38.6 Å². The fourth-order valence-corrected chi connectivity index (χ4v) is 3.27. The summed E-state index contributed by atoms with van der Waals surface area (Å²) in [5, 5.41) is 8.36. The highest BCUT2D eigenvalue weighted by Crippen LogP contribution is 2.25. The lowest BCUT2D eigenvalue weighted by Gasteiger charge is -2.17. The zero-order chi connectivity index (χ0) is 19.7. The van der Waals surface area contributed by atoms with Crippen LogP contribution in [0.3, 0.4) is 0 Å². The van der Waals surface area contributed by atoms with Gasteiger partial charge in [-0.25, -0.2) is 4.18 Å². The zero-order valence-electron chi connectivity index (χ0n) is 15.3. The fraction of sp³-hybridized carbons (Fsp3) is 0.500. The second-order valence-electron chi connectivity index (χ2n) is 6.41. The van der Waals surface area contributed by atoms with Crippen LogP contribution in [-0.4, -0.2) is 43.7 Å². The Balaban J connectivity index is 1.62. The molecule has 2 aromatic rings. The van der Waals surface area contributed by atoms with Gasteiger partial charge < -0.3 is 10.6 Å². The summed E-state index contributed by atoms with van der Waals surface area (Å²) in [5.74, 6) is 0. The maximum atomic E-state index is 10.4. The molecule has 0 aliphatic carbocycles. The zero-order valence-corrected chi connectivity index (χ0v) is 16.9. The molecule has 0 fully saturated rings. The normalized spacial score (nSPS) is 13.0. The highest BCUT2D eigenvalue weighted by molar-refractivity contribution is 7.80. The Morgan fingerprint density at radius 2 is 2.04 bits per heavy atom. The molecular weight excluding hydrogens is 390 g/mol. The summed E-state index contributed by atoms with van der Waals surface area (Å²) in [6, 6.07) is 8.03. The molecule has 1 aromatic heterocycles. The maximum Gasteiger partial charge on any atom is 0.397 e. The minimum Gasteiger partial charge on any atom is -0.382 e. The van der Waals surface area contributed by atoms with Crippen molar-refractivity contribution in [3.05, 3.63) is 35.5 Å². The summed E-state index contributed by atoms with van der Waals surface area (Å²) in [6.07, 6.45) is 5.99. The van der Waals surface area contributed by atoms with Gasteiger partial charge in [0.1, 0.15) is 0 Å². The van der Waals surface area contributed by atoms with Crippen molar-refractivity contribution in [2.45, 2.75) is 38.6 Å². The van der Waals surface area contributed by atoms with Crippen molar-refractivity contribution in [2.24, 2.45) is 0 Å².